The molecular formula is C11H16O2S. The van der Waals surface area contributed by atoms with Crippen molar-refractivity contribution in [2.45, 2.75) is 25.2 Å². The number of hydrogen-bond donors (Lipinski definition) is 1. The summed E-state index contributed by atoms with van der Waals surface area (Å²) in [6.45, 7) is 4.00. The van der Waals surface area contributed by atoms with E-state index in [1.54, 1.807) is 0 Å². The molecule has 0 atom stereocenters. The molecule has 0 saturated heterocycles. The summed E-state index contributed by atoms with van der Waals surface area (Å²) in [6, 6.07) is 7.42. The van der Waals surface area contributed by atoms with Crippen molar-refractivity contribution in [2.24, 2.45) is 0 Å². The van der Waals surface area contributed by atoms with Crippen LogP contribution in [0.4, 0.5) is 0 Å². The van der Waals surface area contributed by atoms with E-state index in [9.17, 15) is 4.79 Å². The van der Waals surface area contributed by atoms with Gasteiger partial charge in [-0.25, -0.2) is 0 Å². The fraction of sp³-hybridized carbons (Fsp3) is 0.364. The van der Waals surface area contributed by atoms with Gasteiger partial charge in [-0.15, -0.1) is 12.6 Å². The topological polar surface area (TPSA) is 26.3 Å². The van der Waals surface area contributed by atoms with Gasteiger partial charge in [-0.3, -0.25) is 4.79 Å². The Morgan fingerprint density at radius 1 is 1.29 bits per heavy atom. The number of hydrogen-bond acceptors (Lipinski definition) is 3. The minimum absolute atomic E-state index is 0.220. The standard InChI is InChI=1S/C9H10O2S.C2H6/c1-11-9(10)6-7-2-4-8(12)5-3-7;1-2/h2-5,12H,6H2,1H3;1-2H3. The summed E-state index contributed by atoms with van der Waals surface area (Å²) in [5.41, 5.74) is 0.944. The second-order valence-corrected chi connectivity index (χ2v) is 2.94. The molecule has 0 saturated carbocycles. The van der Waals surface area contributed by atoms with Gasteiger partial charge in [0.2, 0.25) is 0 Å². The maximum absolute atomic E-state index is 10.8. The lowest BCUT2D eigenvalue weighted by molar-refractivity contribution is -0.139. The number of rotatable bonds is 2. The van der Waals surface area contributed by atoms with Crippen LogP contribution in [0.25, 0.3) is 0 Å². The zero-order valence-corrected chi connectivity index (χ0v) is 9.67. The molecular weight excluding hydrogens is 196 g/mol. The zero-order chi connectivity index (χ0) is 11.0. The van der Waals surface area contributed by atoms with Crippen LogP contribution in [0.15, 0.2) is 29.2 Å². The predicted octanol–water partition coefficient (Wildman–Crippen LogP) is 2.72. The van der Waals surface area contributed by atoms with Crippen LogP contribution < -0.4 is 0 Å². The van der Waals surface area contributed by atoms with Crippen molar-refractivity contribution in [1.82, 2.24) is 0 Å². The first kappa shape index (κ1) is 13.0. The summed E-state index contributed by atoms with van der Waals surface area (Å²) in [6.07, 6.45) is 0.324. The molecule has 14 heavy (non-hydrogen) atoms. The molecule has 1 aromatic rings. The number of thiol groups is 1. The summed E-state index contributed by atoms with van der Waals surface area (Å²) in [5, 5.41) is 0. The van der Waals surface area contributed by atoms with E-state index in [0.717, 1.165) is 10.5 Å². The highest BCUT2D eigenvalue weighted by atomic mass is 32.1. The van der Waals surface area contributed by atoms with Crippen molar-refractivity contribution in [3.8, 4) is 0 Å². The predicted molar refractivity (Wildman–Crippen MR) is 60.8 cm³/mol. The molecule has 0 unspecified atom stereocenters. The average molecular weight is 212 g/mol. The first-order valence-electron chi connectivity index (χ1n) is 4.57. The molecule has 0 radical (unpaired) electrons. The SMILES string of the molecule is CC.COC(=O)Cc1ccc(S)cc1. The molecule has 0 aliphatic carbocycles. The molecule has 0 N–H and O–H groups in total. The minimum atomic E-state index is -0.220. The molecule has 0 amide bonds. The first-order valence-corrected chi connectivity index (χ1v) is 5.02. The van der Waals surface area contributed by atoms with Gasteiger partial charge < -0.3 is 4.74 Å². The summed E-state index contributed by atoms with van der Waals surface area (Å²) in [5.74, 6) is -0.220. The second kappa shape index (κ2) is 7.44. The quantitative estimate of drug-likeness (QED) is 0.602. The Morgan fingerprint density at radius 3 is 2.21 bits per heavy atom. The van der Waals surface area contributed by atoms with Gasteiger partial charge in [0.1, 0.15) is 0 Å². The zero-order valence-electron chi connectivity index (χ0n) is 8.78. The molecule has 0 aliphatic rings. The van der Waals surface area contributed by atoms with E-state index in [1.165, 1.54) is 7.11 Å². The number of methoxy groups -OCH3 is 1. The van der Waals surface area contributed by atoms with Gasteiger partial charge in [0.15, 0.2) is 0 Å². The Balaban J connectivity index is 0.000000791. The van der Waals surface area contributed by atoms with E-state index < -0.39 is 0 Å². The Kier molecular flexibility index (Phi) is 6.93. The van der Waals surface area contributed by atoms with E-state index in [4.69, 9.17) is 0 Å². The fourth-order valence-electron chi connectivity index (χ4n) is 0.853. The number of ether oxygens (including phenoxy) is 1. The van der Waals surface area contributed by atoms with Crippen molar-refractivity contribution < 1.29 is 9.53 Å². The third kappa shape index (κ3) is 4.92. The van der Waals surface area contributed by atoms with Crippen LogP contribution in [0.2, 0.25) is 0 Å². The van der Waals surface area contributed by atoms with E-state index in [0.29, 0.717) is 6.42 Å². The monoisotopic (exact) mass is 212 g/mol. The summed E-state index contributed by atoms with van der Waals surface area (Å²) in [4.78, 5) is 11.7. The number of carbonyl (C=O) groups excluding carboxylic acids is 1. The molecule has 0 bridgehead atoms. The van der Waals surface area contributed by atoms with Crippen LogP contribution in [0, 0.1) is 0 Å². The lowest BCUT2D eigenvalue weighted by atomic mass is 10.2. The molecule has 0 fully saturated rings. The number of carbonyl (C=O) groups is 1. The van der Waals surface area contributed by atoms with Crippen LogP contribution in [0.1, 0.15) is 19.4 Å². The molecule has 1 rings (SSSR count). The van der Waals surface area contributed by atoms with Gasteiger partial charge in [-0.05, 0) is 17.7 Å². The van der Waals surface area contributed by atoms with Crippen molar-refractivity contribution in [3.63, 3.8) is 0 Å². The molecule has 0 spiro atoms. The van der Waals surface area contributed by atoms with Crippen LogP contribution in [-0.4, -0.2) is 13.1 Å². The van der Waals surface area contributed by atoms with Gasteiger partial charge >= 0.3 is 5.97 Å². The highest BCUT2D eigenvalue weighted by molar-refractivity contribution is 7.80. The fourth-order valence-corrected chi connectivity index (χ4v) is 1.00. The van der Waals surface area contributed by atoms with Gasteiger partial charge in [-0.1, -0.05) is 26.0 Å². The van der Waals surface area contributed by atoms with Gasteiger partial charge in [-0.2, -0.15) is 0 Å². The molecule has 3 heteroatoms. The molecule has 2 nitrogen and oxygen atoms in total. The van der Waals surface area contributed by atoms with Crippen molar-refractivity contribution in [3.05, 3.63) is 29.8 Å². The number of benzene rings is 1. The average Bonchev–Trinajstić information content (AvgIpc) is 2.24. The van der Waals surface area contributed by atoms with E-state index in [1.807, 2.05) is 38.1 Å². The maximum Gasteiger partial charge on any atom is 0.309 e. The van der Waals surface area contributed by atoms with E-state index in [-0.39, 0.29) is 5.97 Å². The molecule has 0 aromatic heterocycles. The van der Waals surface area contributed by atoms with Crippen LogP contribution in [-0.2, 0) is 16.0 Å². The Bertz CT molecular complexity index is 267. The Hall–Kier alpha value is -0.960. The summed E-state index contributed by atoms with van der Waals surface area (Å²) in [7, 11) is 1.38. The van der Waals surface area contributed by atoms with Gasteiger partial charge in [0.05, 0.1) is 13.5 Å². The van der Waals surface area contributed by atoms with Crippen molar-refractivity contribution in [1.29, 1.82) is 0 Å². The second-order valence-electron chi connectivity index (χ2n) is 2.42. The molecule has 1 aromatic carbocycles. The Morgan fingerprint density at radius 2 is 1.79 bits per heavy atom. The largest absolute Gasteiger partial charge is 0.469 e. The lowest BCUT2D eigenvalue weighted by Crippen LogP contribution is -2.03. The molecule has 0 heterocycles. The smallest absolute Gasteiger partial charge is 0.309 e. The van der Waals surface area contributed by atoms with E-state index >= 15 is 0 Å². The third-order valence-electron chi connectivity index (χ3n) is 1.51. The maximum atomic E-state index is 10.8. The highest BCUT2D eigenvalue weighted by Crippen LogP contribution is 2.08. The van der Waals surface area contributed by atoms with Crippen LogP contribution in [0.3, 0.4) is 0 Å². The van der Waals surface area contributed by atoms with Crippen LogP contribution in [0.5, 0.6) is 0 Å². The van der Waals surface area contributed by atoms with Gasteiger partial charge in [0.25, 0.3) is 0 Å². The normalized spacial score (nSPS) is 8.57. The van der Waals surface area contributed by atoms with Crippen molar-refractivity contribution >= 4 is 18.6 Å². The highest BCUT2D eigenvalue weighted by Gasteiger charge is 2.00. The van der Waals surface area contributed by atoms with E-state index in [2.05, 4.69) is 17.4 Å². The van der Waals surface area contributed by atoms with Crippen LogP contribution >= 0.6 is 12.6 Å². The number of esters is 1. The summed E-state index contributed by atoms with van der Waals surface area (Å²) < 4.78 is 4.53. The van der Waals surface area contributed by atoms with Gasteiger partial charge in [0, 0.05) is 4.90 Å². The van der Waals surface area contributed by atoms with Crippen molar-refractivity contribution in [2.75, 3.05) is 7.11 Å². The first-order chi connectivity index (χ1) is 6.72. The minimum Gasteiger partial charge on any atom is -0.469 e. The molecule has 0 aliphatic heterocycles. The summed E-state index contributed by atoms with van der Waals surface area (Å²) >= 11 is 4.13. The Labute approximate surface area is 90.7 Å². The third-order valence-corrected chi connectivity index (χ3v) is 1.81. The lowest BCUT2D eigenvalue weighted by Gasteiger charge is -1.99. The molecule has 78 valence electrons.